The molecule has 0 saturated heterocycles. The smallest absolute Gasteiger partial charge is 0.282 e. The number of aromatic amines is 1. The molecule has 1 aliphatic rings. The fourth-order valence-electron chi connectivity index (χ4n) is 4.79. The first kappa shape index (κ1) is 24.0. The lowest BCUT2D eigenvalue weighted by atomic mass is 10.1. The monoisotopic (exact) mass is 538 g/mol. The summed E-state index contributed by atoms with van der Waals surface area (Å²) in [6.07, 6.45) is 4.01. The van der Waals surface area contributed by atoms with E-state index in [0.29, 0.717) is 42.7 Å². The highest BCUT2D eigenvalue weighted by Gasteiger charge is 2.20. The van der Waals surface area contributed by atoms with Crippen LogP contribution in [0.25, 0.3) is 29.7 Å². The Balaban J connectivity index is 1.76. The van der Waals surface area contributed by atoms with E-state index in [1.165, 1.54) is 16.0 Å². The van der Waals surface area contributed by atoms with Gasteiger partial charge in [0, 0.05) is 17.3 Å². The average Bonchev–Trinajstić information content (AvgIpc) is 3.43. The van der Waals surface area contributed by atoms with Gasteiger partial charge in [-0.05, 0) is 61.0 Å². The van der Waals surface area contributed by atoms with Gasteiger partial charge in [-0.2, -0.15) is 0 Å². The molecule has 0 fully saturated rings. The number of para-hydroxylation sites is 2. The van der Waals surface area contributed by atoms with Gasteiger partial charge in [-0.3, -0.25) is 19.3 Å². The fourth-order valence-corrected chi connectivity index (χ4v) is 6.17. The molecule has 0 aliphatic carbocycles. The summed E-state index contributed by atoms with van der Waals surface area (Å²) in [5.41, 5.74) is 3.75. The summed E-state index contributed by atoms with van der Waals surface area (Å²) in [7, 11) is 0. The van der Waals surface area contributed by atoms with Crippen molar-refractivity contribution in [1.29, 1.82) is 0 Å². The van der Waals surface area contributed by atoms with Crippen LogP contribution in [0.2, 0.25) is 5.02 Å². The predicted octanol–water partition coefficient (Wildman–Crippen LogP) is 4.39. The van der Waals surface area contributed by atoms with Gasteiger partial charge in [0.15, 0.2) is 0 Å². The number of fused-ring (bicyclic) bond motifs is 1. The second kappa shape index (κ2) is 9.52. The summed E-state index contributed by atoms with van der Waals surface area (Å²) in [6, 6.07) is 24.4. The van der Waals surface area contributed by atoms with E-state index in [1.807, 2.05) is 54.6 Å². The zero-order valence-corrected chi connectivity index (χ0v) is 22.1. The van der Waals surface area contributed by atoms with Crippen LogP contribution in [0.4, 0.5) is 5.69 Å². The van der Waals surface area contributed by atoms with Gasteiger partial charge in [-0.1, -0.05) is 60.7 Å². The summed E-state index contributed by atoms with van der Waals surface area (Å²) in [5.74, 6) is 0. The summed E-state index contributed by atoms with van der Waals surface area (Å²) in [6.45, 7) is 6.87. The lowest BCUT2D eigenvalue weighted by Gasteiger charge is -2.28. The van der Waals surface area contributed by atoms with Crippen LogP contribution in [-0.2, 0) is 0 Å². The number of thiazole rings is 1. The molecule has 0 amide bonds. The third kappa shape index (κ3) is 3.88. The molecule has 0 atom stereocenters. The first-order valence-electron chi connectivity index (χ1n) is 12.1. The summed E-state index contributed by atoms with van der Waals surface area (Å²) in [5, 5.41) is 4.42. The number of hydrogen-bond acceptors (Lipinski definition) is 4. The summed E-state index contributed by atoms with van der Waals surface area (Å²) >= 11 is 7.35. The molecule has 1 N–H and O–H groups in total. The van der Waals surface area contributed by atoms with Gasteiger partial charge in [-0.25, -0.2) is 4.68 Å². The highest BCUT2D eigenvalue weighted by molar-refractivity contribution is 7.07. The number of benzene rings is 3. The number of nitrogens with zero attached hydrogens (tertiary/aromatic N) is 3. The van der Waals surface area contributed by atoms with E-state index in [-0.39, 0.29) is 11.1 Å². The van der Waals surface area contributed by atoms with E-state index < -0.39 is 0 Å². The van der Waals surface area contributed by atoms with Crippen LogP contribution >= 0.6 is 22.9 Å². The van der Waals surface area contributed by atoms with Gasteiger partial charge < -0.3 is 4.90 Å². The normalized spacial score (nSPS) is 15.1. The largest absolute Gasteiger partial charge is 0.340 e. The van der Waals surface area contributed by atoms with Crippen molar-refractivity contribution in [3.05, 3.63) is 136 Å². The molecule has 0 bridgehead atoms. The Morgan fingerprint density at radius 3 is 2.32 bits per heavy atom. The number of halogens is 1. The zero-order valence-electron chi connectivity index (χ0n) is 20.5. The lowest BCUT2D eigenvalue weighted by molar-refractivity contribution is 0.838. The SMILES string of the molecule is C=c1[nH]n(-c2ccc(Cl)cc2)c(=O)c1=c1sc(=C2C=Cc3ccccc3N2CC)c(=O)n1-c1ccccc1. The topological polar surface area (TPSA) is 63.0 Å². The van der Waals surface area contributed by atoms with Gasteiger partial charge in [0.1, 0.15) is 14.4 Å². The maximum Gasteiger partial charge on any atom is 0.282 e. The molecule has 0 saturated carbocycles. The number of H-pyrrole nitrogens is 1. The van der Waals surface area contributed by atoms with Crippen molar-refractivity contribution in [2.75, 3.05) is 11.4 Å². The Morgan fingerprint density at radius 1 is 0.868 bits per heavy atom. The van der Waals surface area contributed by atoms with Crippen molar-refractivity contribution < 1.29 is 0 Å². The summed E-state index contributed by atoms with van der Waals surface area (Å²) < 4.78 is 4.11. The van der Waals surface area contributed by atoms with Crippen molar-refractivity contribution in [3.63, 3.8) is 0 Å². The molecule has 1 aliphatic heterocycles. The molecule has 0 spiro atoms. The van der Waals surface area contributed by atoms with Crippen LogP contribution in [0.15, 0.2) is 94.5 Å². The predicted molar refractivity (Wildman–Crippen MR) is 156 cm³/mol. The van der Waals surface area contributed by atoms with Crippen LogP contribution in [0.1, 0.15) is 12.5 Å². The van der Waals surface area contributed by atoms with E-state index >= 15 is 0 Å². The van der Waals surface area contributed by atoms with Gasteiger partial charge in [0.2, 0.25) is 0 Å². The number of aromatic nitrogens is 3. The Bertz CT molecular complexity index is 2030. The molecular weight excluding hydrogens is 516 g/mol. The van der Waals surface area contributed by atoms with Crippen molar-refractivity contribution in [3.8, 4) is 11.4 Å². The minimum Gasteiger partial charge on any atom is -0.340 e. The quantitative estimate of drug-likeness (QED) is 0.370. The van der Waals surface area contributed by atoms with Crippen molar-refractivity contribution in [2.24, 2.45) is 0 Å². The maximum absolute atomic E-state index is 14.1. The van der Waals surface area contributed by atoms with Crippen LogP contribution in [0, 0.1) is 9.88 Å². The second-order valence-corrected chi connectivity index (χ2v) is 10.3. The Kier molecular flexibility index (Phi) is 6.02. The van der Waals surface area contributed by atoms with Crippen LogP contribution in [-0.4, -0.2) is 20.9 Å². The van der Waals surface area contributed by atoms with E-state index in [2.05, 4.69) is 35.6 Å². The molecule has 6 rings (SSSR count). The Morgan fingerprint density at radius 2 is 1.58 bits per heavy atom. The average molecular weight is 539 g/mol. The van der Waals surface area contributed by atoms with Gasteiger partial charge >= 0.3 is 0 Å². The number of anilines is 1. The first-order valence-corrected chi connectivity index (χ1v) is 13.3. The first-order chi connectivity index (χ1) is 18.5. The summed E-state index contributed by atoms with van der Waals surface area (Å²) in [4.78, 5) is 30.0. The number of hydrogen-bond donors (Lipinski definition) is 1. The molecule has 8 heteroatoms. The van der Waals surface area contributed by atoms with Gasteiger partial charge in [0.25, 0.3) is 11.1 Å². The molecule has 38 heavy (non-hydrogen) atoms. The molecule has 5 aromatic rings. The Hall–Kier alpha value is -4.33. The van der Waals surface area contributed by atoms with Crippen LogP contribution < -0.4 is 25.9 Å². The molecule has 2 aromatic heterocycles. The molecule has 3 heterocycles. The lowest BCUT2D eigenvalue weighted by Crippen LogP contribution is -2.35. The van der Waals surface area contributed by atoms with E-state index in [0.717, 1.165) is 16.9 Å². The highest BCUT2D eigenvalue weighted by atomic mass is 35.5. The Labute approximate surface area is 226 Å². The van der Waals surface area contributed by atoms with E-state index in [1.54, 1.807) is 28.8 Å². The van der Waals surface area contributed by atoms with E-state index in [9.17, 15) is 9.59 Å². The highest BCUT2D eigenvalue weighted by Crippen LogP contribution is 2.30. The molecule has 6 nitrogen and oxygen atoms in total. The van der Waals surface area contributed by atoms with Crippen molar-refractivity contribution >= 4 is 47.0 Å². The molecule has 3 aromatic carbocycles. The second-order valence-electron chi connectivity index (χ2n) is 8.82. The number of likely N-dealkylation sites (N-methyl/N-ethyl adjacent to an activating group) is 1. The molecule has 0 unspecified atom stereocenters. The minimum absolute atomic E-state index is 0.188. The molecule has 188 valence electrons. The zero-order chi connectivity index (χ0) is 26.4. The molecular formula is C30H23ClN4O2S. The maximum atomic E-state index is 14.1. The van der Waals surface area contributed by atoms with Crippen LogP contribution in [0.5, 0.6) is 0 Å². The van der Waals surface area contributed by atoms with E-state index in [4.69, 9.17) is 11.6 Å². The third-order valence-corrected chi connectivity index (χ3v) is 7.99. The van der Waals surface area contributed by atoms with Crippen molar-refractivity contribution in [1.82, 2.24) is 14.3 Å². The minimum atomic E-state index is -0.295. The van der Waals surface area contributed by atoms with Crippen LogP contribution in [0.3, 0.4) is 0 Å². The third-order valence-electron chi connectivity index (χ3n) is 6.57. The number of nitrogens with one attached hydrogen (secondary N) is 1. The fraction of sp³-hybridized carbons (Fsp3) is 0.0667. The van der Waals surface area contributed by atoms with Gasteiger partial charge in [0.05, 0.1) is 22.4 Å². The molecule has 0 radical (unpaired) electrons. The standard InChI is InChI=1S/C30H23ClN4O2S/c1-3-33-24-12-8-7-9-20(24)13-18-25(33)27-29(37)34(22-10-5-4-6-11-22)30(38-27)26-19(2)32-35(28(26)36)23-16-14-21(31)15-17-23/h4-18,32H,2-3H2,1H3. The van der Waals surface area contributed by atoms with Crippen molar-refractivity contribution in [2.45, 2.75) is 6.92 Å². The number of rotatable bonds is 3. The van der Waals surface area contributed by atoms with Gasteiger partial charge in [-0.15, -0.1) is 11.3 Å².